The first-order valence-corrected chi connectivity index (χ1v) is 2.92. The van der Waals surface area contributed by atoms with Crippen LogP contribution in [0.1, 0.15) is 5.56 Å². The maximum atomic E-state index is 10.2. The van der Waals surface area contributed by atoms with Gasteiger partial charge in [0.15, 0.2) is 0 Å². The molecule has 1 aromatic rings. The van der Waals surface area contributed by atoms with E-state index in [-0.39, 0.29) is 37.9 Å². The van der Waals surface area contributed by atoms with Gasteiger partial charge >= 0.3 is 27.3 Å². The summed E-state index contributed by atoms with van der Waals surface area (Å²) in [5, 5.41) is 10.2. The monoisotopic (exact) mass is 347 g/mol. The number of aryl methyl sites for hydroxylation is 1. The Kier molecular flexibility index (Phi) is 4.24. The zero-order valence-electron chi connectivity index (χ0n) is 6.28. The summed E-state index contributed by atoms with van der Waals surface area (Å²) in [7, 11) is 0. The molecule has 1 rings (SSSR count). The zero-order chi connectivity index (χ0) is 7.56. The second-order valence-electron chi connectivity index (χ2n) is 2.04. The Hall–Kier alpha value is -0.458. The van der Waals surface area contributed by atoms with Crippen LogP contribution < -0.4 is 0 Å². The van der Waals surface area contributed by atoms with Gasteiger partial charge in [0, 0.05) is 11.6 Å². The average molecular weight is 346 g/mol. The number of nitro groups is 1. The predicted octanol–water partition coefficient (Wildman–Crippen LogP) is 0.987. The van der Waals surface area contributed by atoms with E-state index < -0.39 is 0 Å². The summed E-state index contributed by atoms with van der Waals surface area (Å²) in [5.41, 5.74) is 0.884. The quantitative estimate of drug-likeness (QED) is 0.432. The Bertz CT molecular complexity index is 262. The number of nitro benzene ring substituents is 1. The van der Waals surface area contributed by atoms with E-state index in [2.05, 4.69) is 0 Å². The van der Waals surface area contributed by atoms with E-state index in [9.17, 15) is 10.1 Å². The zero-order valence-corrected chi connectivity index (χ0v) is 11.8. The second-order valence-corrected chi connectivity index (χ2v) is 2.04. The molecule has 0 aliphatic carbocycles. The fourth-order valence-electron chi connectivity index (χ4n) is 0.768. The van der Waals surface area contributed by atoms with Gasteiger partial charge in [-0.25, -0.2) is 0 Å². The molecule has 0 heterocycles. The van der Waals surface area contributed by atoms with Crippen LogP contribution in [0.3, 0.4) is 0 Å². The van der Waals surface area contributed by atoms with Crippen molar-refractivity contribution in [3.63, 3.8) is 0 Å². The van der Waals surface area contributed by atoms with Crippen LogP contribution in [0.25, 0.3) is 0 Å². The number of para-hydroxylation sites is 1. The molecule has 0 aromatic heterocycles. The minimum atomic E-state index is -0.380. The topological polar surface area (TPSA) is 43.1 Å². The molecule has 0 spiro atoms. The SMILES string of the molecule is Cc1ccccc1[N+](=O)[O-].[PbH2]. The number of nitrogens with zero attached hydrogens (tertiary/aromatic N) is 1. The van der Waals surface area contributed by atoms with Gasteiger partial charge in [-0.05, 0) is 6.92 Å². The van der Waals surface area contributed by atoms with E-state index in [1.165, 1.54) is 6.07 Å². The Morgan fingerprint density at radius 1 is 1.36 bits per heavy atom. The van der Waals surface area contributed by atoms with Gasteiger partial charge in [0.1, 0.15) is 0 Å². The van der Waals surface area contributed by atoms with Gasteiger partial charge in [-0.2, -0.15) is 0 Å². The Balaban J connectivity index is 0.000001000. The molecule has 3 nitrogen and oxygen atoms in total. The maximum absolute atomic E-state index is 10.2. The summed E-state index contributed by atoms with van der Waals surface area (Å²) in [6, 6.07) is 6.65. The molecule has 0 saturated carbocycles. The van der Waals surface area contributed by atoms with Crippen molar-refractivity contribution in [1.29, 1.82) is 0 Å². The number of benzene rings is 1. The molecule has 2 radical (unpaired) electrons. The van der Waals surface area contributed by atoms with Crippen LogP contribution in [0, 0.1) is 17.0 Å². The van der Waals surface area contributed by atoms with Crippen molar-refractivity contribution in [2.45, 2.75) is 6.92 Å². The van der Waals surface area contributed by atoms with Crippen LogP contribution in [0.2, 0.25) is 0 Å². The van der Waals surface area contributed by atoms with Gasteiger partial charge in [0.2, 0.25) is 0 Å². The summed E-state index contributed by atoms with van der Waals surface area (Å²) < 4.78 is 0. The van der Waals surface area contributed by atoms with Crippen molar-refractivity contribution in [3.05, 3.63) is 39.9 Å². The average Bonchev–Trinajstić information content (AvgIpc) is 1.88. The first kappa shape index (κ1) is 10.5. The first-order valence-electron chi connectivity index (χ1n) is 2.92. The van der Waals surface area contributed by atoms with Crippen molar-refractivity contribution in [2.24, 2.45) is 0 Å². The van der Waals surface area contributed by atoms with Gasteiger partial charge in [-0.1, -0.05) is 18.2 Å². The molecule has 0 fully saturated rings. The van der Waals surface area contributed by atoms with E-state index in [0.717, 1.165) is 0 Å². The van der Waals surface area contributed by atoms with E-state index in [1.54, 1.807) is 25.1 Å². The van der Waals surface area contributed by atoms with Crippen LogP contribution in [0.4, 0.5) is 5.69 Å². The molecule has 11 heavy (non-hydrogen) atoms. The van der Waals surface area contributed by atoms with Crippen molar-refractivity contribution >= 4 is 33.0 Å². The van der Waals surface area contributed by atoms with E-state index >= 15 is 0 Å². The van der Waals surface area contributed by atoms with Crippen LogP contribution in [0.15, 0.2) is 24.3 Å². The Labute approximate surface area is 84.7 Å². The van der Waals surface area contributed by atoms with Gasteiger partial charge in [-0.15, -0.1) is 0 Å². The molecule has 0 unspecified atom stereocenters. The minimum absolute atomic E-state index is 0. The Morgan fingerprint density at radius 2 is 1.91 bits per heavy atom. The molecule has 1 aromatic carbocycles. The van der Waals surface area contributed by atoms with Crippen molar-refractivity contribution < 1.29 is 4.92 Å². The summed E-state index contributed by atoms with van der Waals surface area (Å²) in [6.45, 7) is 1.72. The van der Waals surface area contributed by atoms with Crippen molar-refractivity contribution in [2.75, 3.05) is 0 Å². The summed E-state index contributed by atoms with van der Waals surface area (Å²) in [5.74, 6) is 0. The second kappa shape index (κ2) is 4.43. The molecule has 0 bridgehead atoms. The number of rotatable bonds is 1. The molecule has 0 amide bonds. The standard InChI is InChI=1S/C7H7NO2.Pb.2H/c1-6-4-2-3-5-7(6)8(9)10;;;/h2-5H,1H3;;;. The van der Waals surface area contributed by atoms with Crippen molar-refractivity contribution in [3.8, 4) is 0 Å². The van der Waals surface area contributed by atoms with E-state index in [1.807, 2.05) is 0 Å². The normalized spacial score (nSPS) is 8.45. The number of hydrogen-bond acceptors (Lipinski definition) is 2. The Morgan fingerprint density at radius 3 is 2.27 bits per heavy atom. The van der Waals surface area contributed by atoms with Gasteiger partial charge in [-0.3, -0.25) is 10.1 Å². The molecular weight excluding hydrogens is 337 g/mol. The van der Waals surface area contributed by atoms with Crippen molar-refractivity contribution in [1.82, 2.24) is 0 Å². The van der Waals surface area contributed by atoms with Gasteiger partial charge < -0.3 is 0 Å². The molecule has 0 atom stereocenters. The van der Waals surface area contributed by atoms with Crippen LogP contribution in [-0.2, 0) is 0 Å². The molecule has 0 aliphatic heterocycles. The third-order valence-electron chi connectivity index (χ3n) is 1.31. The van der Waals surface area contributed by atoms with Gasteiger partial charge in [0.25, 0.3) is 5.69 Å². The fraction of sp³-hybridized carbons (Fsp3) is 0.143. The first-order chi connectivity index (χ1) is 4.72. The molecule has 0 aliphatic rings. The summed E-state index contributed by atoms with van der Waals surface area (Å²) in [4.78, 5) is 9.85. The fourth-order valence-corrected chi connectivity index (χ4v) is 0.768. The molecule has 58 valence electrons. The molecule has 4 heteroatoms. The summed E-state index contributed by atoms with van der Waals surface area (Å²) in [6.07, 6.45) is 0. The molecular formula is C7H9NO2Pb. The van der Waals surface area contributed by atoms with E-state index in [4.69, 9.17) is 0 Å². The third-order valence-corrected chi connectivity index (χ3v) is 1.31. The van der Waals surface area contributed by atoms with Crippen LogP contribution in [0.5, 0.6) is 0 Å². The van der Waals surface area contributed by atoms with Crippen LogP contribution >= 0.6 is 0 Å². The summed E-state index contributed by atoms with van der Waals surface area (Å²) >= 11 is 0. The molecule has 0 N–H and O–H groups in total. The van der Waals surface area contributed by atoms with Gasteiger partial charge in [0.05, 0.1) is 4.92 Å². The predicted molar refractivity (Wildman–Crippen MR) is 46.4 cm³/mol. The van der Waals surface area contributed by atoms with E-state index in [0.29, 0.717) is 5.56 Å². The number of hydrogen-bond donors (Lipinski definition) is 0. The third kappa shape index (κ3) is 2.57. The molecule has 0 saturated heterocycles. The van der Waals surface area contributed by atoms with Crippen LogP contribution in [-0.4, -0.2) is 32.2 Å².